The highest BCUT2D eigenvalue weighted by atomic mass is 19.1. The van der Waals surface area contributed by atoms with Crippen LogP contribution in [0.2, 0.25) is 0 Å². The van der Waals surface area contributed by atoms with Crippen LogP contribution in [0.15, 0.2) is 30.5 Å². The Morgan fingerprint density at radius 1 is 1.24 bits per heavy atom. The molecular weight excluding hydrogens is 273 g/mol. The highest BCUT2D eigenvalue weighted by Crippen LogP contribution is 2.13. The predicted molar refractivity (Wildman–Crippen MR) is 74.4 cm³/mol. The molecule has 1 saturated heterocycles. The Balaban J connectivity index is 1.75. The van der Waals surface area contributed by atoms with E-state index in [1.54, 1.807) is 23.2 Å². The van der Waals surface area contributed by atoms with Gasteiger partial charge < -0.3 is 10.6 Å². The second kappa shape index (κ2) is 5.61. The van der Waals surface area contributed by atoms with E-state index < -0.39 is 0 Å². The first kappa shape index (κ1) is 13.7. The molecule has 110 valence electrons. The molecule has 2 N–H and O–H groups in total. The molecule has 0 atom stereocenters. The lowest BCUT2D eigenvalue weighted by atomic mass is 10.1. The van der Waals surface area contributed by atoms with Crippen molar-refractivity contribution in [2.45, 2.75) is 18.9 Å². The number of halogens is 1. The number of nitrogens with zero attached hydrogens (tertiary/aromatic N) is 4. The first-order valence-electron chi connectivity index (χ1n) is 6.86. The summed E-state index contributed by atoms with van der Waals surface area (Å²) in [6, 6.07) is 6.01. The summed E-state index contributed by atoms with van der Waals surface area (Å²) < 4.78 is 14.4. The number of amides is 1. The third-order valence-corrected chi connectivity index (χ3v) is 3.63. The lowest BCUT2D eigenvalue weighted by Crippen LogP contribution is -2.43. The SMILES string of the molecule is NC1CCN(C(=O)c2cn(-c3ccc(F)cc3)nn2)CC1. The fourth-order valence-electron chi connectivity index (χ4n) is 2.35. The Morgan fingerprint density at radius 2 is 1.90 bits per heavy atom. The summed E-state index contributed by atoms with van der Waals surface area (Å²) in [6.45, 7) is 1.28. The molecule has 1 amide bonds. The molecule has 6 nitrogen and oxygen atoms in total. The average Bonchev–Trinajstić information content (AvgIpc) is 2.98. The van der Waals surface area contributed by atoms with Crippen LogP contribution in [-0.4, -0.2) is 44.9 Å². The molecule has 1 aliphatic rings. The van der Waals surface area contributed by atoms with Gasteiger partial charge in [0.1, 0.15) is 5.82 Å². The maximum atomic E-state index is 12.9. The van der Waals surface area contributed by atoms with Crippen molar-refractivity contribution < 1.29 is 9.18 Å². The first-order chi connectivity index (χ1) is 10.1. The molecule has 3 rings (SSSR count). The Bertz CT molecular complexity index is 631. The van der Waals surface area contributed by atoms with Gasteiger partial charge in [-0.05, 0) is 37.1 Å². The van der Waals surface area contributed by atoms with Gasteiger partial charge in [-0.1, -0.05) is 5.21 Å². The molecule has 0 saturated carbocycles. The molecule has 0 aliphatic carbocycles. The Labute approximate surface area is 121 Å². The van der Waals surface area contributed by atoms with Gasteiger partial charge in [0.15, 0.2) is 5.69 Å². The van der Waals surface area contributed by atoms with E-state index in [0.717, 1.165) is 12.8 Å². The standard InChI is InChI=1S/C14H16FN5O/c15-10-1-3-12(4-2-10)20-9-13(17-18-20)14(21)19-7-5-11(16)6-8-19/h1-4,9,11H,5-8,16H2. The Morgan fingerprint density at radius 3 is 2.57 bits per heavy atom. The van der Waals surface area contributed by atoms with E-state index in [1.807, 2.05) is 0 Å². The number of rotatable bonds is 2. The molecule has 1 aromatic heterocycles. The number of carbonyl (C=O) groups is 1. The Kier molecular flexibility index (Phi) is 3.66. The van der Waals surface area contributed by atoms with Crippen LogP contribution < -0.4 is 5.73 Å². The number of likely N-dealkylation sites (tertiary alicyclic amines) is 1. The van der Waals surface area contributed by atoms with Crippen LogP contribution in [0.1, 0.15) is 23.3 Å². The van der Waals surface area contributed by atoms with Crippen LogP contribution in [-0.2, 0) is 0 Å². The number of nitrogens with two attached hydrogens (primary N) is 1. The monoisotopic (exact) mass is 289 g/mol. The molecule has 0 unspecified atom stereocenters. The van der Waals surface area contributed by atoms with Crippen LogP contribution in [0.25, 0.3) is 5.69 Å². The van der Waals surface area contributed by atoms with E-state index in [4.69, 9.17) is 5.73 Å². The summed E-state index contributed by atoms with van der Waals surface area (Å²) in [6.07, 6.45) is 3.17. The molecule has 0 bridgehead atoms. The van der Waals surface area contributed by atoms with E-state index in [9.17, 15) is 9.18 Å². The van der Waals surface area contributed by atoms with Gasteiger partial charge in [-0.2, -0.15) is 0 Å². The lowest BCUT2D eigenvalue weighted by Gasteiger charge is -2.29. The minimum atomic E-state index is -0.320. The maximum absolute atomic E-state index is 12.9. The van der Waals surface area contributed by atoms with Crippen molar-refractivity contribution in [1.82, 2.24) is 19.9 Å². The quantitative estimate of drug-likeness (QED) is 0.893. The van der Waals surface area contributed by atoms with Gasteiger partial charge in [-0.3, -0.25) is 4.79 Å². The van der Waals surface area contributed by atoms with Crippen molar-refractivity contribution in [3.05, 3.63) is 42.0 Å². The van der Waals surface area contributed by atoms with Gasteiger partial charge in [-0.25, -0.2) is 9.07 Å². The molecule has 2 heterocycles. The van der Waals surface area contributed by atoms with Crippen molar-refractivity contribution in [2.75, 3.05) is 13.1 Å². The maximum Gasteiger partial charge on any atom is 0.276 e. The van der Waals surface area contributed by atoms with Gasteiger partial charge in [0.05, 0.1) is 11.9 Å². The van der Waals surface area contributed by atoms with E-state index in [2.05, 4.69) is 10.3 Å². The zero-order valence-electron chi connectivity index (χ0n) is 11.4. The number of hydrogen-bond acceptors (Lipinski definition) is 4. The lowest BCUT2D eigenvalue weighted by molar-refractivity contribution is 0.0708. The first-order valence-corrected chi connectivity index (χ1v) is 6.86. The molecular formula is C14H16FN5O. The van der Waals surface area contributed by atoms with Crippen molar-refractivity contribution in [2.24, 2.45) is 5.73 Å². The molecule has 21 heavy (non-hydrogen) atoms. The van der Waals surface area contributed by atoms with E-state index in [0.29, 0.717) is 18.8 Å². The fraction of sp³-hybridized carbons (Fsp3) is 0.357. The number of piperidine rings is 1. The van der Waals surface area contributed by atoms with Gasteiger partial charge >= 0.3 is 0 Å². The number of aromatic nitrogens is 3. The highest BCUT2D eigenvalue weighted by molar-refractivity contribution is 5.92. The average molecular weight is 289 g/mol. The molecule has 1 aromatic carbocycles. The summed E-state index contributed by atoms with van der Waals surface area (Å²) in [5, 5.41) is 7.82. The molecule has 7 heteroatoms. The largest absolute Gasteiger partial charge is 0.337 e. The fourth-order valence-corrected chi connectivity index (χ4v) is 2.35. The zero-order chi connectivity index (χ0) is 14.8. The minimum Gasteiger partial charge on any atom is -0.337 e. The van der Waals surface area contributed by atoms with Gasteiger partial charge in [0.25, 0.3) is 5.91 Å². The van der Waals surface area contributed by atoms with E-state index in [1.165, 1.54) is 16.8 Å². The van der Waals surface area contributed by atoms with Crippen molar-refractivity contribution in [1.29, 1.82) is 0 Å². The highest BCUT2D eigenvalue weighted by Gasteiger charge is 2.23. The summed E-state index contributed by atoms with van der Waals surface area (Å²) in [5.41, 5.74) is 6.77. The van der Waals surface area contributed by atoms with Gasteiger partial charge in [0.2, 0.25) is 0 Å². The van der Waals surface area contributed by atoms with Crippen LogP contribution in [0, 0.1) is 5.82 Å². The molecule has 0 spiro atoms. The number of benzene rings is 1. The topological polar surface area (TPSA) is 77.0 Å². The van der Waals surface area contributed by atoms with Gasteiger partial charge in [0, 0.05) is 19.1 Å². The minimum absolute atomic E-state index is 0.143. The normalized spacial score (nSPS) is 16.2. The van der Waals surface area contributed by atoms with E-state index in [-0.39, 0.29) is 23.5 Å². The molecule has 0 radical (unpaired) electrons. The Hall–Kier alpha value is -2.28. The summed E-state index contributed by atoms with van der Waals surface area (Å²) in [5.74, 6) is -0.463. The third kappa shape index (κ3) is 2.92. The van der Waals surface area contributed by atoms with Crippen molar-refractivity contribution in [3.63, 3.8) is 0 Å². The zero-order valence-corrected chi connectivity index (χ0v) is 11.4. The predicted octanol–water partition coefficient (Wildman–Crippen LogP) is 0.970. The molecule has 1 aliphatic heterocycles. The molecule has 2 aromatic rings. The van der Waals surface area contributed by atoms with Gasteiger partial charge in [-0.15, -0.1) is 5.10 Å². The second-order valence-electron chi connectivity index (χ2n) is 5.15. The molecule has 1 fully saturated rings. The van der Waals surface area contributed by atoms with Crippen LogP contribution >= 0.6 is 0 Å². The number of carbonyl (C=O) groups excluding carboxylic acids is 1. The van der Waals surface area contributed by atoms with Crippen LogP contribution in [0.5, 0.6) is 0 Å². The van der Waals surface area contributed by atoms with Crippen LogP contribution in [0.4, 0.5) is 4.39 Å². The third-order valence-electron chi connectivity index (χ3n) is 3.63. The van der Waals surface area contributed by atoms with Crippen molar-refractivity contribution >= 4 is 5.91 Å². The van der Waals surface area contributed by atoms with E-state index >= 15 is 0 Å². The van der Waals surface area contributed by atoms with Crippen LogP contribution in [0.3, 0.4) is 0 Å². The van der Waals surface area contributed by atoms with Crippen molar-refractivity contribution in [3.8, 4) is 5.69 Å². The summed E-state index contributed by atoms with van der Waals surface area (Å²) in [4.78, 5) is 14.1. The second-order valence-corrected chi connectivity index (χ2v) is 5.15. The summed E-state index contributed by atoms with van der Waals surface area (Å²) in [7, 11) is 0. The smallest absolute Gasteiger partial charge is 0.276 e. The number of hydrogen-bond donors (Lipinski definition) is 1. The summed E-state index contributed by atoms with van der Waals surface area (Å²) >= 11 is 0.